The minimum atomic E-state index is -0.0514. The number of rotatable bonds is 4. The van der Waals surface area contributed by atoms with Crippen LogP contribution in [0.4, 0.5) is 0 Å². The standard InChI is InChI=1S/C14H13ClO2S/c15-12-5-6-14(11(7-12)9-17)18-13-4-2-1-3-10(13)8-16/h1-7,16-17H,8-9H2. The van der Waals surface area contributed by atoms with Gasteiger partial charge in [-0.15, -0.1) is 0 Å². The van der Waals surface area contributed by atoms with Crippen LogP contribution in [0.15, 0.2) is 52.3 Å². The van der Waals surface area contributed by atoms with E-state index in [-0.39, 0.29) is 13.2 Å². The van der Waals surface area contributed by atoms with Gasteiger partial charge in [0.15, 0.2) is 0 Å². The van der Waals surface area contributed by atoms with Crippen molar-refractivity contribution < 1.29 is 10.2 Å². The molecule has 0 saturated carbocycles. The van der Waals surface area contributed by atoms with E-state index in [2.05, 4.69) is 0 Å². The summed E-state index contributed by atoms with van der Waals surface area (Å²) in [7, 11) is 0. The molecule has 2 nitrogen and oxygen atoms in total. The molecule has 0 bridgehead atoms. The van der Waals surface area contributed by atoms with Gasteiger partial charge in [0.2, 0.25) is 0 Å². The highest BCUT2D eigenvalue weighted by Crippen LogP contribution is 2.34. The summed E-state index contributed by atoms with van der Waals surface area (Å²) in [5, 5.41) is 19.2. The summed E-state index contributed by atoms with van der Waals surface area (Å²) < 4.78 is 0. The largest absolute Gasteiger partial charge is 0.392 e. The van der Waals surface area contributed by atoms with Gasteiger partial charge < -0.3 is 10.2 Å². The number of benzene rings is 2. The zero-order chi connectivity index (χ0) is 13.0. The first-order chi connectivity index (χ1) is 8.74. The van der Waals surface area contributed by atoms with Crippen LogP contribution in [-0.4, -0.2) is 10.2 Å². The van der Waals surface area contributed by atoms with Gasteiger partial charge in [-0.3, -0.25) is 0 Å². The molecule has 0 aliphatic heterocycles. The molecule has 0 heterocycles. The second-order valence-corrected chi connectivity index (χ2v) is 5.30. The van der Waals surface area contributed by atoms with Crippen LogP contribution in [0.5, 0.6) is 0 Å². The fourth-order valence-corrected chi connectivity index (χ4v) is 2.86. The normalized spacial score (nSPS) is 10.6. The van der Waals surface area contributed by atoms with Gasteiger partial charge >= 0.3 is 0 Å². The minimum Gasteiger partial charge on any atom is -0.392 e. The Hall–Kier alpha value is -1.00. The van der Waals surface area contributed by atoms with Crippen LogP contribution in [0.1, 0.15) is 11.1 Å². The van der Waals surface area contributed by atoms with Crippen LogP contribution in [0.3, 0.4) is 0 Å². The average Bonchev–Trinajstić information content (AvgIpc) is 2.41. The maximum atomic E-state index is 9.33. The molecule has 0 atom stereocenters. The van der Waals surface area contributed by atoms with Gasteiger partial charge in [0.1, 0.15) is 0 Å². The van der Waals surface area contributed by atoms with E-state index in [1.807, 2.05) is 30.3 Å². The van der Waals surface area contributed by atoms with Crippen molar-refractivity contribution in [1.82, 2.24) is 0 Å². The molecule has 0 fully saturated rings. The van der Waals surface area contributed by atoms with E-state index in [4.69, 9.17) is 11.6 Å². The monoisotopic (exact) mass is 280 g/mol. The van der Waals surface area contributed by atoms with Crippen LogP contribution in [0, 0.1) is 0 Å². The molecular formula is C14H13ClO2S. The highest BCUT2D eigenvalue weighted by Gasteiger charge is 2.07. The van der Waals surface area contributed by atoms with Crippen molar-refractivity contribution in [3.63, 3.8) is 0 Å². The number of halogens is 1. The fourth-order valence-electron chi connectivity index (χ4n) is 1.62. The summed E-state index contributed by atoms with van der Waals surface area (Å²) in [4.78, 5) is 1.93. The third kappa shape index (κ3) is 3.06. The van der Waals surface area contributed by atoms with E-state index < -0.39 is 0 Å². The zero-order valence-electron chi connectivity index (χ0n) is 9.64. The molecule has 2 N–H and O–H groups in total. The molecule has 0 radical (unpaired) electrons. The van der Waals surface area contributed by atoms with Crippen LogP contribution in [0.2, 0.25) is 5.02 Å². The van der Waals surface area contributed by atoms with E-state index >= 15 is 0 Å². The van der Waals surface area contributed by atoms with Crippen molar-refractivity contribution in [2.45, 2.75) is 23.0 Å². The van der Waals surface area contributed by atoms with E-state index in [0.717, 1.165) is 20.9 Å². The van der Waals surface area contributed by atoms with Crippen molar-refractivity contribution in [1.29, 1.82) is 0 Å². The number of aliphatic hydroxyl groups excluding tert-OH is 2. The predicted octanol–water partition coefficient (Wildman–Crippen LogP) is 3.48. The Morgan fingerprint density at radius 1 is 0.889 bits per heavy atom. The van der Waals surface area contributed by atoms with E-state index in [1.165, 1.54) is 11.8 Å². The molecule has 0 aliphatic rings. The topological polar surface area (TPSA) is 40.5 Å². The predicted molar refractivity (Wildman–Crippen MR) is 73.9 cm³/mol. The molecule has 0 aliphatic carbocycles. The molecule has 0 aromatic heterocycles. The molecule has 94 valence electrons. The Morgan fingerprint density at radius 3 is 2.28 bits per heavy atom. The van der Waals surface area contributed by atoms with Gasteiger partial charge in [-0.05, 0) is 35.4 Å². The average molecular weight is 281 g/mol. The van der Waals surface area contributed by atoms with E-state index in [1.54, 1.807) is 12.1 Å². The molecule has 0 spiro atoms. The second kappa shape index (κ2) is 6.25. The summed E-state index contributed by atoms with van der Waals surface area (Å²) in [6, 6.07) is 13.1. The Balaban J connectivity index is 2.33. The van der Waals surface area contributed by atoms with Crippen LogP contribution < -0.4 is 0 Å². The molecular weight excluding hydrogens is 268 g/mol. The van der Waals surface area contributed by atoms with Crippen LogP contribution in [-0.2, 0) is 13.2 Å². The van der Waals surface area contributed by atoms with Crippen molar-refractivity contribution in [2.75, 3.05) is 0 Å². The lowest BCUT2D eigenvalue weighted by atomic mass is 10.2. The van der Waals surface area contributed by atoms with Gasteiger partial charge in [0, 0.05) is 14.8 Å². The Labute approximate surface area is 115 Å². The molecule has 4 heteroatoms. The lowest BCUT2D eigenvalue weighted by Gasteiger charge is -2.10. The highest BCUT2D eigenvalue weighted by molar-refractivity contribution is 7.99. The van der Waals surface area contributed by atoms with Crippen LogP contribution in [0.25, 0.3) is 0 Å². The van der Waals surface area contributed by atoms with Gasteiger partial charge in [0.25, 0.3) is 0 Å². The van der Waals surface area contributed by atoms with Crippen molar-refractivity contribution in [3.05, 3.63) is 58.6 Å². The SMILES string of the molecule is OCc1ccccc1Sc1ccc(Cl)cc1CO. The lowest BCUT2D eigenvalue weighted by Crippen LogP contribution is -1.90. The molecule has 0 unspecified atom stereocenters. The number of hydrogen-bond donors (Lipinski definition) is 2. The molecule has 2 aromatic rings. The summed E-state index contributed by atoms with van der Waals surface area (Å²) in [6.45, 7) is -0.0462. The number of aliphatic hydroxyl groups is 2. The fraction of sp³-hybridized carbons (Fsp3) is 0.143. The second-order valence-electron chi connectivity index (χ2n) is 3.78. The highest BCUT2D eigenvalue weighted by atomic mass is 35.5. The minimum absolute atomic E-state index is 0.00518. The number of hydrogen-bond acceptors (Lipinski definition) is 3. The summed E-state index contributed by atoms with van der Waals surface area (Å²) >= 11 is 7.42. The summed E-state index contributed by atoms with van der Waals surface area (Å²) in [6.07, 6.45) is 0. The van der Waals surface area contributed by atoms with Gasteiger partial charge in [0.05, 0.1) is 13.2 Å². The first-order valence-corrected chi connectivity index (χ1v) is 6.70. The summed E-state index contributed by atoms with van der Waals surface area (Å²) in [5.74, 6) is 0. The third-order valence-electron chi connectivity index (χ3n) is 2.56. The summed E-state index contributed by atoms with van der Waals surface area (Å²) in [5.41, 5.74) is 1.67. The quantitative estimate of drug-likeness (QED) is 0.901. The van der Waals surface area contributed by atoms with Gasteiger partial charge in [-0.1, -0.05) is 41.6 Å². The van der Waals surface area contributed by atoms with Gasteiger partial charge in [-0.2, -0.15) is 0 Å². The van der Waals surface area contributed by atoms with E-state index in [9.17, 15) is 10.2 Å². The smallest absolute Gasteiger partial charge is 0.0693 e. The van der Waals surface area contributed by atoms with Crippen LogP contribution >= 0.6 is 23.4 Å². The van der Waals surface area contributed by atoms with Crippen molar-refractivity contribution in [3.8, 4) is 0 Å². The molecule has 18 heavy (non-hydrogen) atoms. The molecule has 0 saturated heterocycles. The first kappa shape index (κ1) is 13.4. The zero-order valence-corrected chi connectivity index (χ0v) is 11.2. The lowest BCUT2D eigenvalue weighted by molar-refractivity contribution is 0.278. The maximum absolute atomic E-state index is 9.33. The third-order valence-corrected chi connectivity index (χ3v) is 4.03. The molecule has 2 aromatic carbocycles. The molecule has 2 rings (SSSR count). The first-order valence-electron chi connectivity index (χ1n) is 5.50. The Morgan fingerprint density at radius 2 is 1.56 bits per heavy atom. The maximum Gasteiger partial charge on any atom is 0.0693 e. The van der Waals surface area contributed by atoms with Crippen molar-refractivity contribution >= 4 is 23.4 Å². The van der Waals surface area contributed by atoms with E-state index in [0.29, 0.717) is 5.02 Å². The Bertz CT molecular complexity index is 543. The Kier molecular flexibility index (Phi) is 4.66. The van der Waals surface area contributed by atoms with Gasteiger partial charge in [-0.25, -0.2) is 0 Å². The molecule has 0 amide bonds. The van der Waals surface area contributed by atoms with Crippen molar-refractivity contribution in [2.24, 2.45) is 0 Å².